The zero-order valence-electron chi connectivity index (χ0n) is 10.2. The summed E-state index contributed by atoms with van der Waals surface area (Å²) in [7, 11) is 1.76. The van der Waals surface area contributed by atoms with Crippen molar-refractivity contribution in [1.29, 1.82) is 0 Å². The Kier molecular flexibility index (Phi) is 4.52. The van der Waals surface area contributed by atoms with Crippen LogP contribution in [-0.2, 0) is 11.8 Å². The fourth-order valence-electron chi connectivity index (χ4n) is 1.29. The molecule has 5 heteroatoms. The molecule has 0 aliphatic heterocycles. The van der Waals surface area contributed by atoms with Crippen LogP contribution in [-0.4, -0.2) is 22.2 Å². The van der Waals surface area contributed by atoms with Crippen LogP contribution in [0.4, 0.5) is 0 Å². The van der Waals surface area contributed by atoms with Gasteiger partial charge in [-0.3, -0.25) is 9.48 Å². The number of nitrogens with zero attached hydrogens (tertiary/aromatic N) is 2. The normalized spacial score (nSPS) is 10.8. The summed E-state index contributed by atoms with van der Waals surface area (Å²) in [6.07, 6.45) is 3.11. The van der Waals surface area contributed by atoms with Crippen LogP contribution in [0.5, 0.6) is 0 Å². The summed E-state index contributed by atoms with van der Waals surface area (Å²) in [5, 5.41) is 7.37. The summed E-state index contributed by atoms with van der Waals surface area (Å²) in [5.74, 6) is -0.174. The summed E-state index contributed by atoms with van der Waals surface area (Å²) < 4.78 is 1.57. The highest BCUT2D eigenvalue weighted by Gasteiger charge is 2.08. The third-order valence-electron chi connectivity index (χ3n) is 2.16. The zero-order valence-corrected chi connectivity index (χ0v) is 11.0. The minimum absolute atomic E-state index is 0.174. The fourth-order valence-corrected chi connectivity index (χ4v) is 1.53. The van der Waals surface area contributed by atoms with Crippen LogP contribution in [0.2, 0.25) is 5.15 Å². The highest BCUT2D eigenvalue weighted by Crippen LogP contribution is 2.19. The monoisotopic (exact) mass is 253 g/mol. The molecule has 0 unspecified atom stereocenters. The van der Waals surface area contributed by atoms with Crippen LogP contribution >= 0.6 is 11.6 Å². The van der Waals surface area contributed by atoms with Gasteiger partial charge < -0.3 is 5.32 Å². The maximum atomic E-state index is 11.4. The van der Waals surface area contributed by atoms with Gasteiger partial charge in [-0.1, -0.05) is 23.8 Å². The fraction of sp³-hybridized carbons (Fsp3) is 0.333. The third kappa shape index (κ3) is 3.75. The van der Waals surface area contributed by atoms with Crippen molar-refractivity contribution in [2.24, 2.45) is 7.05 Å². The summed E-state index contributed by atoms with van der Waals surface area (Å²) in [4.78, 5) is 11.4. The van der Waals surface area contributed by atoms with Gasteiger partial charge in [0.05, 0.1) is 5.69 Å². The molecule has 1 aromatic heterocycles. The molecule has 1 rings (SSSR count). The molecule has 0 aliphatic rings. The molecule has 92 valence electrons. The van der Waals surface area contributed by atoms with Crippen LogP contribution in [0.3, 0.4) is 0 Å². The van der Waals surface area contributed by atoms with Crippen molar-refractivity contribution in [1.82, 2.24) is 15.1 Å². The smallest absolute Gasteiger partial charge is 0.244 e. The lowest BCUT2D eigenvalue weighted by molar-refractivity contribution is -0.116. The molecule has 0 fully saturated rings. The van der Waals surface area contributed by atoms with Gasteiger partial charge in [-0.15, -0.1) is 0 Å². The first-order valence-electron chi connectivity index (χ1n) is 5.21. The predicted octanol–water partition coefficient (Wildman–Crippen LogP) is 2.09. The number of rotatable bonds is 4. The van der Waals surface area contributed by atoms with Gasteiger partial charge in [-0.05, 0) is 19.9 Å². The number of hydrogen-bond acceptors (Lipinski definition) is 2. The van der Waals surface area contributed by atoms with Gasteiger partial charge in [0.25, 0.3) is 0 Å². The highest BCUT2D eigenvalue weighted by atomic mass is 35.5. The molecule has 0 saturated carbocycles. The van der Waals surface area contributed by atoms with Crippen molar-refractivity contribution in [3.63, 3.8) is 0 Å². The molecule has 0 saturated heterocycles. The number of aryl methyl sites for hydroxylation is 2. The average Bonchev–Trinajstić information content (AvgIpc) is 2.48. The lowest BCUT2D eigenvalue weighted by Crippen LogP contribution is -2.22. The van der Waals surface area contributed by atoms with Crippen molar-refractivity contribution < 1.29 is 4.79 Å². The Morgan fingerprint density at radius 1 is 1.65 bits per heavy atom. The molecular formula is C12H16ClN3O. The zero-order chi connectivity index (χ0) is 13.0. The summed E-state index contributed by atoms with van der Waals surface area (Å²) in [6, 6.07) is 0. The molecule has 1 heterocycles. The minimum atomic E-state index is -0.174. The maximum absolute atomic E-state index is 11.4. The lowest BCUT2D eigenvalue weighted by atomic mass is 10.2. The molecule has 1 N–H and O–H groups in total. The van der Waals surface area contributed by atoms with E-state index in [1.54, 1.807) is 17.8 Å². The van der Waals surface area contributed by atoms with Crippen molar-refractivity contribution >= 4 is 23.6 Å². The topological polar surface area (TPSA) is 46.9 Å². The number of halogens is 1. The first kappa shape index (κ1) is 13.5. The van der Waals surface area contributed by atoms with Crippen molar-refractivity contribution in [2.45, 2.75) is 13.8 Å². The van der Waals surface area contributed by atoms with Crippen molar-refractivity contribution in [3.05, 3.63) is 34.6 Å². The number of amides is 1. The second-order valence-electron chi connectivity index (χ2n) is 3.92. The molecule has 1 amide bonds. The maximum Gasteiger partial charge on any atom is 0.244 e. The van der Waals surface area contributed by atoms with Crippen LogP contribution in [0.15, 0.2) is 18.2 Å². The number of carbonyl (C=O) groups excluding carboxylic acids is 1. The molecule has 0 aromatic carbocycles. The number of carbonyl (C=O) groups is 1. The standard InChI is InChI=1S/C12H16ClN3O/c1-8(2)7-14-11(17)6-5-10-9(3)15-16(4)12(10)13/h5-6H,1,7H2,2-4H3,(H,14,17)/b6-5+. The number of nitrogens with one attached hydrogen (secondary N) is 1. The van der Waals surface area contributed by atoms with Gasteiger partial charge in [-0.2, -0.15) is 5.10 Å². The van der Waals surface area contributed by atoms with Gasteiger partial charge in [0.1, 0.15) is 5.15 Å². The molecule has 0 bridgehead atoms. The Labute approximate surface area is 106 Å². The lowest BCUT2D eigenvalue weighted by Gasteiger charge is -1.99. The minimum Gasteiger partial charge on any atom is -0.349 e. The van der Waals surface area contributed by atoms with E-state index in [-0.39, 0.29) is 5.91 Å². The van der Waals surface area contributed by atoms with E-state index >= 15 is 0 Å². The van der Waals surface area contributed by atoms with E-state index in [1.807, 2.05) is 13.8 Å². The molecule has 0 radical (unpaired) electrons. The van der Waals surface area contributed by atoms with E-state index in [0.29, 0.717) is 11.7 Å². The van der Waals surface area contributed by atoms with E-state index in [9.17, 15) is 4.79 Å². The number of aromatic nitrogens is 2. The second kappa shape index (κ2) is 5.68. The van der Waals surface area contributed by atoms with Crippen LogP contribution in [0.1, 0.15) is 18.2 Å². The highest BCUT2D eigenvalue weighted by molar-refractivity contribution is 6.31. The average molecular weight is 254 g/mol. The summed E-state index contributed by atoms with van der Waals surface area (Å²) in [5.41, 5.74) is 2.46. The Morgan fingerprint density at radius 2 is 2.29 bits per heavy atom. The molecule has 0 atom stereocenters. The van der Waals surface area contributed by atoms with Crippen LogP contribution in [0, 0.1) is 6.92 Å². The predicted molar refractivity (Wildman–Crippen MR) is 69.8 cm³/mol. The van der Waals surface area contributed by atoms with E-state index in [4.69, 9.17) is 11.6 Å². The first-order valence-corrected chi connectivity index (χ1v) is 5.59. The Balaban J connectivity index is 2.70. The quantitative estimate of drug-likeness (QED) is 0.660. The van der Waals surface area contributed by atoms with Crippen LogP contribution in [0.25, 0.3) is 6.08 Å². The largest absolute Gasteiger partial charge is 0.349 e. The van der Waals surface area contributed by atoms with Gasteiger partial charge in [0, 0.05) is 25.2 Å². The third-order valence-corrected chi connectivity index (χ3v) is 2.61. The molecule has 4 nitrogen and oxygen atoms in total. The summed E-state index contributed by atoms with van der Waals surface area (Å²) in [6.45, 7) is 7.88. The SMILES string of the molecule is C=C(C)CNC(=O)/C=C/c1c(C)nn(C)c1Cl. The van der Waals surface area contributed by atoms with Crippen molar-refractivity contribution in [2.75, 3.05) is 6.54 Å². The van der Waals surface area contributed by atoms with Gasteiger partial charge >= 0.3 is 0 Å². The van der Waals surface area contributed by atoms with E-state index < -0.39 is 0 Å². The van der Waals surface area contributed by atoms with Gasteiger partial charge in [-0.25, -0.2) is 0 Å². The van der Waals surface area contributed by atoms with Gasteiger partial charge in [0.15, 0.2) is 0 Å². The molecule has 0 spiro atoms. The van der Waals surface area contributed by atoms with E-state index in [1.165, 1.54) is 6.08 Å². The molecule has 1 aromatic rings. The van der Waals surface area contributed by atoms with Crippen LogP contribution < -0.4 is 5.32 Å². The number of hydrogen-bond donors (Lipinski definition) is 1. The Bertz CT molecular complexity index is 474. The van der Waals surface area contributed by atoms with E-state index in [2.05, 4.69) is 17.0 Å². The van der Waals surface area contributed by atoms with Crippen molar-refractivity contribution in [3.8, 4) is 0 Å². The first-order chi connectivity index (χ1) is 7.91. The molecule has 0 aliphatic carbocycles. The van der Waals surface area contributed by atoms with E-state index in [0.717, 1.165) is 16.8 Å². The summed E-state index contributed by atoms with van der Waals surface area (Å²) >= 11 is 6.03. The molecule has 17 heavy (non-hydrogen) atoms. The second-order valence-corrected chi connectivity index (χ2v) is 4.28. The van der Waals surface area contributed by atoms with Gasteiger partial charge in [0.2, 0.25) is 5.91 Å². The Morgan fingerprint density at radius 3 is 2.76 bits per heavy atom. The Hall–Kier alpha value is -1.55. The molecular weight excluding hydrogens is 238 g/mol.